The molecule has 2 nitrogen and oxygen atoms in total. The molecular formula is C13H21NOS. The van der Waals surface area contributed by atoms with Gasteiger partial charge in [0, 0.05) is 11.3 Å². The lowest BCUT2D eigenvalue weighted by atomic mass is 10.1. The third-order valence-electron chi connectivity index (χ3n) is 3.33. The summed E-state index contributed by atoms with van der Waals surface area (Å²) < 4.78 is 5.53. The van der Waals surface area contributed by atoms with Crippen LogP contribution in [0, 0.1) is 0 Å². The molecular weight excluding hydrogens is 218 g/mol. The number of hydrogen-bond acceptors (Lipinski definition) is 3. The van der Waals surface area contributed by atoms with Crippen molar-refractivity contribution in [2.45, 2.75) is 55.6 Å². The summed E-state index contributed by atoms with van der Waals surface area (Å²) in [7, 11) is 0. The normalized spacial score (nSPS) is 21.1. The Bertz CT molecular complexity index is 293. The molecule has 0 amide bonds. The van der Waals surface area contributed by atoms with E-state index >= 15 is 0 Å². The molecule has 1 aliphatic rings. The van der Waals surface area contributed by atoms with Gasteiger partial charge in [-0.2, -0.15) is 0 Å². The Labute approximate surface area is 102 Å². The van der Waals surface area contributed by atoms with Crippen molar-refractivity contribution in [2.75, 3.05) is 0 Å². The largest absolute Gasteiger partial charge is 0.468 e. The lowest BCUT2D eigenvalue weighted by Gasteiger charge is -2.23. The van der Waals surface area contributed by atoms with Crippen LogP contribution in [0.25, 0.3) is 0 Å². The molecule has 2 N–H and O–H groups in total. The van der Waals surface area contributed by atoms with Crippen LogP contribution in [0.2, 0.25) is 0 Å². The average molecular weight is 239 g/mol. The number of furan rings is 1. The van der Waals surface area contributed by atoms with Crippen LogP contribution in [0.1, 0.15) is 50.0 Å². The zero-order valence-corrected chi connectivity index (χ0v) is 10.7. The van der Waals surface area contributed by atoms with Gasteiger partial charge < -0.3 is 10.2 Å². The first-order valence-electron chi connectivity index (χ1n) is 6.25. The van der Waals surface area contributed by atoms with Gasteiger partial charge in [0.05, 0.1) is 11.5 Å². The van der Waals surface area contributed by atoms with E-state index in [1.54, 1.807) is 6.26 Å². The van der Waals surface area contributed by atoms with Crippen LogP contribution in [0.15, 0.2) is 22.8 Å². The number of rotatable bonds is 5. The lowest BCUT2D eigenvalue weighted by molar-refractivity contribution is 0.473. The van der Waals surface area contributed by atoms with E-state index in [1.165, 1.54) is 25.7 Å². The summed E-state index contributed by atoms with van der Waals surface area (Å²) in [5, 5.41) is 1.12. The van der Waals surface area contributed by atoms with Crippen molar-refractivity contribution in [3.05, 3.63) is 24.2 Å². The summed E-state index contributed by atoms with van der Waals surface area (Å²) in [6, 6.07) is 4.22. The standard InChI is InChI=1S/C13H21NOS/c1-2-11(14)13(12-8-5-9-15-12)16-10-6-3-4-7-10/h5,8-11,13H,2-4,6-7,14H2,1H3. The Morgan fingerprint density at radius 3 is 2.81 bits per heavy atom. The van der Waals surface area contributed by atoms with E-state index in [2.05, 4.69) is 13.0 Å². The number of nitrogens with two attached hydrogens (primary N) is 1. The van der Waals surface area contributed by atoms with Gasteiger partial charge >= 0.3 is 0 Å². The van der Waals surface area contributed by atoms with E-state index in [0.717, 1.165) is 17.4 Å². The van der Waals surface area contributed by atoms with Gasteiger partial charge in [-0.15, -0.1) is 11.8 Å². The van der Waals surface area contributed by atoms with E-state index in [9.17, 15) is 0 Å². The molecule has 90 valence electrons. The fourth-order valence-electron chi connectivity index (χ4n) is 2.28. The maximum Gasteiger partial charge on any atom is 0.118 e. The minimum atomic E-state index is 0.205. The van der Waals surface area contributed by atoms with Gasteiger partial charge in [-0.1, -0.05) is 19.8 Å². The van der Waals surface area contributed by atoms with Gasteiger partial charge in [0.2, 0.25) is 0 Å². The van der Waals surface area contributed by atoms with Crippen molar-refractivity contribution in [3.63, 3.8) is 0 Å². The topological polar surface area (TPSA) is 39.2 Å². The first-order chi connectivity index (χ1) is 7.81. The second-order valence-electron chi connectivity index (χ2n) is 4.55. The number of hydrogen-bond donors (Lipinski definition) is 1. The molecule has 1 saturated carbocycles. The maximum atomic E-state index is 6.21. The van der Waals surface area contributed by atoms with Crippen molar-refractivity contribution in [2.24, 2.45) is 5.73 Å². The Balaban J connectivity index is 2.02. The molecule has 0 saturated heterocycles. The molecule has 0 aliphatic heterocycles. The van der Waals surface area contributed by atoms with Gasteiger partial charge in [0.15, 0.2) is 0 Å². The van der Waals surface area contributed by atoms with Crippen LogP contribution < -0.4 is 5.73 Å². The third kappa shape index (κ3) is 2.83. The SMILES string of the molecule is CCC(N)C(SC1CCCC1)c1ccco1. The first kappa shape index (κ1) is 12.1. The zero-order valence-electron chi connectivity index (χ0n) is 9.89. The molecule has 2 rings (SSSR count). The molecule has 1 heterocycles. The van der Waals surface area contributed by atoms with Crippen LogP contribution in [0.4, 0.5) is 0 Å². The van der Waals surface area contributed by atoms with Gasteiger partial charge in [-0.05, 0) is 31.4 Å². The predicted molar refractivity (Wildman–Crippen MR) is 69.6 cm³/mol. The first-order valence-corrected chi connectivity index (χ1v) is 7.20. The summed E-state index contributed by atoms with van der Waals surface area (Å²) in [4.78, 5) is 0. The second kappa shape index (κ2) is 5.78. The third-order valence-corrected chi connectivity index (χ3v) is 5.06. The molecule has 1 aromatic rings. The molecule has 16 heavy (non-hydrogen) atoms. The molecule has 1 aliphatic carbocycles. The summed E-state index contributed by atoms with van der Waals surface area (Å²) in [5.41, 5.74) is 6.21. The van der Waals surface area contributed by atoms with E-state index in [0.29, 0.717) is 5.25 Å². The van der Waals surface area contributed by atoms with Gasteiger partial charge in [-0.3, -0.25) is 0 Å². The molecule has 2 unspecified atom stereocenters. The van der Waals surface area contributed by atoms with Crippen molar-refractivity contribution in [3.8, 4) is 0 Å². The van der Waals surface area contributed by atoms with Gasteiger partial charge in [-0.25, -0.2) is 0 Å². The summed E-state index contributed by atoms with van der Waals surface area (Å²) >= 11 is 2.02. The van der Waals surface area contributed by atoms with E-state index in [1.807, 2.05) is 17.8 Å². The molecule has 2 atom stereocenters. The fraction of sp³-hybridized carbons (Fsp3) is 0.692. The highest BCUT2D eigenvalue weighted by molar-refractivity contribution is 8.00. The van der Waals surface area contributed by atoms with Crippen LogP contribution >= 0.6 is 11.8 Å². The van der Waals surface area contributed by atoms with E-state index < -0.39 is 0 Å². The summed E-state index contributed by atoms with van der Waals surface area (Å²) in [6.07, 6.45) is 8.20. The van der Waals surface area contributed by atoms with Crippen LogP contribution in [0.5, 0.6) is 0 Å². The predicted octanol–water partition coefficient (Wildman–Crippen LogP) is 3.73. The molecule has 0 aromatic carbocycles. The summed E-state index contributed by atoms with van der Waals surface area (Å²) in [5.74, 6) is 1.05. The summed E-state index contributed by atoms with van der Waals surface area (Å²) in [6.45, 7) is 2.15. The smallest absolute Gasteiger partial charge is 0.118 e. The molecule has 1 fully saturated rings. The van der Waals surface area contributed by atoms with Crippen molar-refractivity contribution in [1.29, 1.82) is 0 Å². The molecule has 0 bridgehead atoms. The Morgan fingerprint density at radius 2 is 2.25 bits per heavy atom. The Morgan fingerprint density at radius 1 is 1.50 bits per heavy atom. The van der Waals surface area contributed by atoms with Crippen molar-refractivity contribution >= 4 is 11.8 Å². The highest BCUT2D eigenvalue weighted by Crippen LogP contribution is 2.41. The minimum Gasteiger partial charge on any atom is -0.468 e. The minimum absolute atomic E-state index is 0.205. The van der Waals surface area contributed by atoms with Crippen LogP contribution in [-0.4, -0.2) is 11.3 Å². The van der Waals surface area contributed by atoms with E-state index in [-0.39, 0.29) is 6.04 Å². The van der Waals surface area contributed by atoms with Gasteiger partial charge in [0.1, 0.15) is 5.76 Å². The zero-order chi connectivity index (χ0) is 11.4. The fourth-order valence-corrected chi connectivity index (χ4v) is 3.96. The highest BCUT2D eigenvalue weighted by atomic mass is 32.2. The molecule has 0 radical (unpaired) electrons. The average Bonchev–Trinajstić information content (AvgIpc) is 2.97. The number of thioether (sulfide) groups is 1. The van der Waals surface area contributed by atoms with Crippen molar-refractivity contribution in [1.82, 2.24) is 0 Å². The molecule has 1 aromatic heterocycles. The quantitative estimate of drug-likeness (QED) is 0.851. The maximum absolute atomic E-state index is 6.21. The highest BCUT2D eigenvalue weighted by Gasteiger charge is 2.27. The molecule has 3 heteroatoms. The molecule has 0 spiro atoms. The second-order valence-corrected chi connectivity index (χ2v) is 6.00. The Hall–Kier alpha value is -0.410. The van der Waals surface area contributed by atoms with Crippen LogP contribution in [0.3, 0.4) is 0 Å². The van der Waals surface area contributed by atoms with Crippen molar-refractivity contribution < 1.29 is 4.42 Å². The van der Waals surface area contributed by atoms with Crippen LogP contribution in [-0.2, 0) is 0 Å². The lowest BCUT2D eigenvalue weighted by Crippen LogP contribution is -2.26. The van der Waals surface area contributed by atoms with E-state index in [4.69, 9.17) is 10.2 Å². The van der Waals surface area contributed by atoms with Gasteiger partial charge in [0.25, 0.3) is 0 Å². The Kier molecular flexibility index (Phi) is 4.36. The monoisotopic (exact) mass is 239 g/mol.